The van der Waals surface area contributed by atoms with Crippen molar-refractivity contribution >= 4 is 27.4 Å². The minimum atomic E-state index is 0.699. The Bertz CT molecular complexity index is 805. The average molecular weight is 247 g/mol. The van der Waals surface area contributed by atoms with Gasteiger partial charge in [-0.1, -0.05) is 30.3 Å². The number of ether oxygens (including phenoxy) is 1. The van der Waals surface area contributed by atoms with E-state index in [9.17, 15) is 0 Å². The second-order valence-corrected chi connectivity index (χ2v) is 4.80. The van der Waals surface area contributed by atoms with Gasteiger partial charge in [0.25, 0.3) is 0 Å². The molecule has 0 radical (unpaired) electrons. The molecule has 19 heavy (non-hydrogen) atoms. The molecule has 0 unspecified atom stereocenters. The molecule has 0 atom stereocenters. The van der Waals surface area contributed by atoms with Crippen LogP contribution in [0.4, 0.5) is 0 Å². The highest BCUT2D eigenvalue weighted by Crippen LogP contribution is 2.24. The third-order valence-electron chi connectivity index (χ3n) is 3.54. The van der Waals surface area contributed by atoms with Crippen LogP contribution in [0.5, 0.6) is 0 Å². The van der Waals surface area contributed by atoms with E-state index in [1.165, 1.54) is 21.5 Å². The Morgan fingerprint density at radius 2 is 1.53 bits per heavy atom. The number of hydrogen-bond donors (Lipinski definition) is 0. The smallest absolute Gasteiger partial charge is 0.216 e. The molecule has 2 nitrogen and oxygen atoms in total. The van der Waals surface area contributed by atoms with Crippen LogP contribution in [0.2, 0.25) is 0 Å². The monoisotopic (exact) mass is 247 g/mol. The molecule has 3 aromatic carbocycles. The Labute approximate surface area is 111 Å². The zero-order valence-electron chi connectivity index (χ0n) is 10.5. The molecule has 0 fully saturated rings. The zero-order valence-corrected chi connectivity index (χ0v) is 10.5. The number of benzene rings is 3. The van der Waals surface area contributed by atoms with Gasteiger partial charge < -0.3 is 4.74 Å². The van der Waals surface area contributed by atoms with Crippen molar-refractivity contribution in [3.05, 3.63) is 60.2 Å². The van der Waals surface area contributed by atoms with Gasteiger partial charge in [0.2, 0.25) is 5.90 Å². The number of fused-ring (bicyclic) bond motifs is 2. The van der Waals surface area contributed by atoms with Gasteiger partial charge in [0.1, 0.15) is 6.61 Å². The first kappa shape index (κ1) is 10.6. The zero-order chi connectivity index (χ0) is 12.7. The van der Waals surface area contributed by atoms with E-state index in [2.05, 4.69) is 59.6 Å². The Morgan fingerprint density at radius 3 is 2.26 bits per heavy atom. The van der Waals surface area contributed by atoms with Gasteiger partial charge >= 0.3 is 0 Å². The molecular formula is C17H13NO. The third-order valence-corrected chi connectivity index (χ3v) is 3.54. The average Bonchev–Trinajstić information content (AvgIpc) is 2.98. The highest BCUT2D eigenvalue weighted by molar-refractivity contribution is 6.03. The standard InChI is InChI=1S/C17H13NO/c1-2-4-13-10-16-11-15(17-18-7-8-19-17)6-5-14(16)9-12(13)3-1/h1-6,9-11H,7-8H2. The van der Waals surface area contributed by atoms with Crippen LogP contribution in [-0.4, -0.2) is 19.0 Å². The summed E-state index contributed by atoms with van der Waals surface area (Å²) in [6.07, 6.45) is 0. The van der Waals surface area contributed by atoms with Crippen molar-refractivity contribution in [3.63, 3.8) is 0 Å². The molecule has 0 saturated heterocycles. The molecule has 0 saturated carbocycles. The predicted molar refractivity (Wildman–Crippen MR) is 78.8 cm³/mol. The van der Waals surface area contributed by atoms with Gasteiger partial charge in [-0.3, -0.25) is 0 Å². The summed E-state index contributed by atoms with van der Waals surface area (Å²) in [7, 11) is 0. The van der Waals surface area contributed by atoms with Gasteiger partial charge in [0.15, 0.2) is 0 Å². The van der Waals surface area contributed by atoms with E-state index in [0.717, 1.165) is 18.0 Å². The van der Waals surface area contributed by atoms with E-state index in [0.29, 0.717) is 6.61 Å². The Hall–Kier alpha value is -2.35. The quantitative estimate of drug-likeness (QED) is 0.600. The maximum atomic E-state index is 5.53. The van der Waals surface area contributed by atoms with Gasteiger partial charge in [-0.2, -0.15) is 0 Å². The van der Waals surface area contributed by atoms with Crippen molar-refractivity contribution < 1.29 is 4.74 Å². The van der Waals surface area contributed by atoms with Crippen molar-refractivity contribution in [3.8, 4) is 0 Å². The maximum absolute atomic E-state index is 5.53. The van der Waals surface area contributed by atoms with E-state index in [4.69, 9.17) is 4.74 Å². The molecule has 2 heteroatoms. The van der Waals surface area contributed by atoms with E-state index in [-0.39, 0.29) is 0 Å². The van der Waals surface area contributed by atoms with Gasteiger partial charge in [0.05, 0.1) is 6.54 Å². The Kier molecular flexibility index (Phi) is 2.27. The Balaban J connectivity index is 1.94. The van der Waals surface area contributed by atoms with E-state index >= 15 is 0 Å². The number of aliphatic imine (C=N–C) groups is 1. The summed E-state index contributed by atoms with van der Waals surface area (Å²) in [4.78, 5) is 4.37. The predicted octanol–water partition coefficient (Wildman–Crippen LogP) is 3.77. The molecule has 3 aromatic rings. The van der Waals surface area contributed by atoms with Gasteiger partial charge in [-0.05, 0) is 45.8 Å². The maximum Gasteiger partial charge on any atom is 0.216 e. The molecule has 1 aliphatic rings. The lowest BCUT2D eigenvalue weighted by Gasteiger charge is -2.06. The van der Waals surface area contributed by atoms with Gasteiger partial charge in [-0.15, -0.1) is 0 Å². The van der Waals surface area contributed by atoms with E-state index in [1.807, 2.05) is 0 Å². The lowest BCUT2D eigenvalue weighted by molar-refractivity contribution is 0.348. The second kappa shape index (κ2) is 4.09. The summed E-state index contributed by atoms with van der Waals surface area (Å²) in [5, 5.41) is 5.02. The summed E-state index contributed by atoms with van der Waals surface area (Å²) in [5.74, 6) is 0.773. The molecule has 0 spiro atoms. The van der Waals surface area contributed by atoms with E-state index < -0.39 is 0 Å². The van der Waals surface area contributed by atoms with Crippen LogP contribution in [0.3, 0.4) is 0 Å². The normalized spacial score (nSPS) is 14.6. The fourth-order valence-corrected chi connectivity index (χ4v) is 2.58. The van der Waals surface area contributed by atoms with Crippen LogP contribution in [0.15, 0.2) is 59.6 Å². The minimum absolute atomic E-state index is 0.699. The highest BCUT2D eigenvalue weighted by Gasteiger charge is 2.10. The third kappa shape index (κ3) is 1.76. The van der Waals surface area contributed by atoms with Crippen LogP contribution >= 0.6 is 0 Å². The largest absolute Gasteiger partial charge is 0.476 e. The molecular weight excluding hydrogens is 234 g/mol. The summed E-state index contributed by atoms with van der Waals surface area (Å²) < 4.78 is 5.53. The SMILES string of the molecule is c1ccc2cc3cc(C4=NCCO4)ccc3cc2c1. The molecule has 1 aliphatic heterocycles. The van der Waals surface area contributed by atoms with Gasteiger partial charge in [-0.25, -0.2) is 4.99 Å². The van der Waals surface area contributed by atoms with Crippen LogP contribution in [-0.2, 0) is 4.74 Å². The fourth-order valence-electron chi connectivity index (χ4n) is 2.58. The molecule has 0 bridgehead atoms. The number of rotatable bonds is 1. The molecule has 4 rings (SSSR count). The minimum Gasteiger partial charge on any atom is -0.476 e. The van der Waals surface area contributed by atoms with Crippen molar-refractivity contribution in [2.75, 3.05) is 13.2 Å². The van der Waals surface area contributed by atoms with Crippen LogP contribution < -0.4 is 0 Å². The Morgan fingerprint density at radius 1 is 0.789 bits per heavy atom. The fraction of sp³-hybridized carbons (Fsp3) is 0.118. The van der Waals surface area contributed by atoms with Gasteiger partial charge in [0, 0.05) is 5.56 Å². The lowest BCUT2D eigenvalue weighted by atomic mass is 10.0. The van der Waals surface area contributed by atoms with Crippen LogP contribution in [0.1, 0.15) is 5.56 Å². The summed E-state index contributed by atoms with van der Waals surface area (Å²) in [5.41, 5.74) is 1.07. The molecule has 0 aliphatic carbocycles. The lowest BCUT2D eigenvalue weighted by Crippen LogP contribution is -2.00. The summed E-state index contributed by atoms with van der Waals surface area (Å²) in [6, 6.07) is 19.3. The van der Waals surface area contributed by atoms with Crippen LogP contribution in [0.25, 0.3) is 21.5 Å². The first-order valence-corrected chi connectivity index (χ1v) is 6.50. The first-order chi connectivity index (χ1) is 9.40. The molecule has 0 amide bonds. The molecule has 0 N–H and O–H groups in total. The van der Waals surface area contributed by atoms with Crippen LogP contribution in [0, 0.1) is 0 Å². The van der Waals surface area contributed by atoms with Crippen molar-refractivity contribution in [1.82, 2.24) is 0 Å². The second-order valence-electron chi connectivity index (χ2n) is 4.80. The van der Waals surface area contributed by atoms with E-state index in [1.54, 1.807) is 0 Å². The molecule has 92 valence electrons. The molecule has 0 aromatic heterocycles. The molecule has 1 heterocycles. The van der Waals surface area contributed by atoms with Crippen molar-refractivity contribution in [2.45, 2.75) is 0 Å². The number of nitrogens with zero attached hydrogens (tertiary/aromatic N) is 1. The van der Waals surface area contributed by atoms with Crippen molar-refractivity contribution in [1.29, 1.82) is 0 Å². The number of hydrogen-bond acceptors (Lipinski definition) is 2. The summed E-state index contributed by atoms with van der Waals surface area (Å²) in [6.45, 7) is 1.47. The highest BCUT2D eigenvalue weighted by atomic mass is 16.5. The topological polar surface area (TPSA) is 21.6 Å². The summed E-state index contributed by atoms with van der Waals surface area (Å²) >= 11 is 0. The van der Waals surface area contributed by atoms with Crippen molar-refractivity contribution in [2.24, 2.45) is 4.99 Å². The first-order valence-electron chi connectivity index (χ1n) is 6.50.